The number of aromatic nitrogens is 2. The van der Waals surface area contributed by atoms with E-state index in [9.17, 15) is 14.0 Å². The molecule has 1 amide bonds. The second kappa shape index (κ2) is 5.21. The first kappa shape index (κ1) is 12.6. The summed E-state index contributed by atoms with van der Waals surface area (Å²) < 4.78 is 13.2. The van der Waals surface area contributed by atoms with Crippen LogP contribution in [-0.2, 0) is 0 Å². The normalized spacial score (nSPS) is 9.95. The van der Waals surface area contributed by atoms with Gasteiger partial charge in [-0.3, -0.25) is 4.79 Å². The Bertz CT molecular complexity index is 631. The minimum absolute atomic E-state index is 0.174. The monoisotopic (exact) mass is 261 g/mol. The van der Waals surface area contributed by atoms with Crippen LogP contribution in [0.1, 0.15) is 20.7 Å². The fourth-order valence-electron chi connectivity index (χ4n) is 1.39. The van der Waals surface area contributed by atoms with Crippen LogP contribution in [0.3, 0.4) is 0 Å². The molecule has 2 rings (SSSR count). The summed E-state index contributed by atoms with van der Waals surface area (Å²) >= 11 is 0. The number of halogens is 1. The highest BCUT2D eigenvalue weighted by molar-refractivity contribution is 6.04. The molecule has 0 aliphatic rings. The first-order valence-corrected chi connectivity index (χ1v) is 5.17. The number of nitrogens with one attached hydrogen (secondary N) is 1. The van der Waals surface area contributed by atoms with Crippen molar-refractivity contribution in [2.75, 3.05) is 5.32 Å². The van der Waals surface area contributed by atoms with Gasteiger partial charge in [0, 0.05) is 18.1 Å². The van der Waals surface area contributed by atoms with Crippen LogP contribution in [0.15, 0.2) is 36.9 Å². The Morgan fingerprint density at radius 1 is 1.21 bits per heavy atom. The number of carbonyl (C=O) groups is 2. The van der Waals surface area contributed by atoms with Gasteiger partial charge in [0.05, 0.1) is 11.1 Å². The molecule has 2 aromatic rings. The van der Waals surface area contributed by atoms with Crippen molar-refractivity contribution < 1.29 is 19.1 Å². The number of anilines is 1. The number of nitrogens with zero attached hydrogens (tertiary/aromatic N) is 2. The zero-order chi connectivity index (χ0) is 13.8. The van der Waals surface area contributed by atoms with Crippen molar-refractivity contribution in [3.05, 3.63) is 53.9 Å². The number of carbonyl (C=O) groups excluding carboxylic acids is 1. The van der Waals surface area contributed by atoms with Gasteiger partial charge in [-0.2, -0.15) is 0 Å². The average molecular weight is 261 g/mol. The van der Waals surface area contributed by atoms with Crippen molar-refractivity contribution in [3.8, 4) is 0 Å². The number of amides is 1. The van der Waals surface area contributed by atoms with Crippen molar-refractivity contribution in [2.24, 2.45) is 0 Å². The van der Waals surface area contributed by atoms with E-state index >= 15 is 0 Å². The highest BCUT2D eigenvalue weighted by Crippen LogP contribution is 2.15. The van der Waals surface area contributed by atoms with Crippen molar-refractivity contribution in [2.45, 2.75) is 0 Å². The smallest absolute Gasteiger partial charge is 0.338 e. The van der Waals surface area contributed by atoms with E-state index in [0.29, 0.717) is 0 Å². The van der Waals surface area contributed by atoms with Gasteiger partial charge in [-0.15, -0.1) is 0 Å². The summed E-state index contributed by atoms with van der Waals surface area (Å²) in [4.78, 5) is 29.9. The summed E-state index contributed by atoms with van der Waals surface area (Å²) in [6, 6.07) is 3.28. The lowest BCUT2D eigenvalue weighted by Crippen LogP contribution is -2.13. The molecule has 96 valence electrons. The summed E-state index contributed by atoms with van der Waals surface area (Å²) in [5.74, 6) is -2.78. The molecule has 0 saturated carbocycles. The Morgan fingerprint density at radius 2 is 1.89 bits per heavy atom. The molecule has 0 fully saturated rings. The van der Waals surface area contributed by atoms with E-state index < -0.39 is 23.3 Å². The minimum Gasteiger partial charge on any atom is -0.478 e. The van der Waals surface area contributed by atoms with Crippen LogP contribution in [0.4, 0.5) is 10.1 Å². The van der Waals surface area contributed by atoms with Crippen LogP contribution in [0.25, 0.3) is 0 Å². The number of benzene rings is 1. The van der Waals surface area contributed by atoms with Crippen LogP contribution in [0.2, 0.25) is 0 Å². The lowest BCUT2D eigenvalue weighted by atomic mass is 10.2. The molecule has 0 radical (unpaired) electrons. The topological polar surface area (TPSA) is 92.2 Å². The van der Waals surface area contributed by atoms with E-state index in [1.54, 1.807) is 0 Å². The molecule has 0 atom stereocenters. The van der Waals surface area contributed by atoms with Crippen LogP contribution in [-0.4, -0.2) is 27.0 Å². The molecule has 0 saturated heterocycles. The van der Waals surface area contributed by atoms with Crippen LogP contribution in [0.5, 0.6) is 0 Å². The van der Waals surface area contributed by atoms with E-state index in [-0.39, 0.29) is 11.3 Å². The largest absolute Gasteiger partial charge is 0.478 e. The van der Waals surface area contributed by atoms with Gasteiger partial charge in [-0.05, 0) is 18.2 Å². The lowest BCUT2D eigenvalue weighted by molar-refractivity contribution is 0.0691. The van der Waals surface area contributed by atoms with Gasteiger partial charge in [-0.25, -0.2) is 19.2 Å². The van der Waals surface area contributed by atoms with Crippen LogP contribution in [0, 0.1) is 5.82 Å². The van der Waals surface area contributed by atoms with Gasteiger partial charge in [0.1, 0.15) is 12.1 Å². The van der Waals surface area contributed by atoms with Gasteiger partial charge in [-0.1, -0.05) is 0 Å². The molecule has 0 aliphatic heterocycles. The van der Waals surface area contributed by atoms with Crippen LogP contribution >= 0.6 is 0 Å². The Balaban J connectivity index is 2.23. The fourth-order valence-corrected chi connectivity index (χ4v) is 1.39. The van der Waals surface area contributed by atoms with Gasteiger partial charge in [0.25, 0.3) is 5.91 Å². The first-order chi connectivity index (χ1) is 9.08. The first-order valence-electron chi connectivity index (χ1n) is 5.17. The number of carboxylic acids is 1. The second-order valence-electron chi connectivity index (χ2n) is 3.58. The number of rotatable bonds is 3. The molecule has 0 bridgehead atoms. The predicted octanol–water partition coefficient (Wildman–Crippen LogP) is 1.57. The SMILES string of the molecule is O=C(Nc1ccc(F)c(C(=O)O)c1)c1cncnc1. The number of hydrogen-bond acceptors (Lipinski definition) is 4. The Hall–Kier alpha value is -2.83. The van der Waals surface area contributed by atoms with E-state index in [1.807, 2.05) is 0 Å². The molecule has 19 heavy (non-hydrogen) atoms. The lowest BCUT2D eigenvalue weighted by Gasteiger charge is -2.06. The molecule has 1 aromatic heterocycles. The zero-order valence-electron chi connectivity index (χ0n) is 9.50. The predicted molar refractivity (Wildman–Crippen MR) is 63.3 cm³/mol. The van der Waals surface area contributed by atoms with Gasteiger partial charge >= 0.3 is 5.97 Å². The Kier molecular flexibility index (Phi) is 3.46. The number of aromatic carboxylic acids is 1. The second-order valence-corrected chi connectivity index (χ2v) is 3.58. The summed E-state index contributed by atoms with van der Waals surface area (Å²) in [5.41, 5.74) is -0.126. The third kappa shape index (κ3) is 2.89. The Labute approximate surface area is 106 Å². The highest BCUT2D eigenvalue weighted by atomic mass is 19.1. The fraction of sp³-hybridized carbons (Fsp3) is 0. The van der Waals surface area contributed by atoms with E-state index in [4.69, 9.17) is 5.11 Å². The number of carboxylic acid groups (broad SMARTS) is 1. The maximum absolute atomic E-state index is 13.2. The third-order valence-electron chi connectivity index (χ3n) is 2.28. The quantitative estimate of drug-likeness (QED) is 0.874. The van der Waals surface area contributed by atoms with Crippen molar-refractivity contribution in [3.63, 3.8) is 0 Å². The molecule has 1 heterocycles. The summed E-state index contributed by atoms with van der Waals surface area (Å²) in [6.45, 7) is 0. The minimum atomic E-state index is -1.41. The van der Waals surface area contributed by atoms with Crippen LogP contribution < -0.4 is 5.32 Å². The molecule has 1 aromatic carbocycles. The van der Waals surface area contributed by atoms with Gasteiger partial charge in [0.2, 0.25) is 0 Å². The maximum atomic E-state index is 13.2. The average Bonchev–Trinajstić information content (AvgIpc) is 2.41. The summed E-state index contributed by atoms with van der Waals surface area (Å²) in [6.07, 6.45) is 3.89. The zero-order valence-corrected chi connectivity index (χ0v) is 9.50. The standard InChI is InChI=1S/C12H8FN3O3/c13-10-2-1-8(3-9(10)12(18)19)16-11(17)7-4-14-6-15-5-7/h1-6H,(H,16,17)(H,18,19). The van der Waals surface area contributed by atoms with E-state index in [2.05, 4.69) is 15.3 Å². The maximum Gasteiger partial charge on any atom is 0.338 e. The van der Waals surface area contributed by atoms with Gasteiger partial charge in [0.15, 0.2) is 0 Å². The molecule has 6 nitrogen and oxygen atoms in total. The van der Waals surface area contributed by atoms with Crippen molar-refractivity contribution in [1.82, 2.24) is 9.97 Å². The summed E-state index contributed by atoms with van der Waals surface area (Å²) in [7, 11) is 0. The highest BCUT2D eigenvalue weighted by Gasteiger charge is 2.12. The third-order valence-corrected chi connectivity index (χ3v) is 2.28. The molecule has 0 unspecified atom stereocenters. The molecular weight excluding hydrogens is 253 g/mol. The molecule has 2 N–H and O–H groups in total. The molecular formula is C12H8FN3O3. The molecule has 0 aliphatic carbocycles. The van der Waals surface area contributed by atoms with Crippen molar-refractivity contribution >= 4 is 17.6 Å². The van der Waals surface area contributed by atoms with E-state index in [1.165, 1.54) is 24.8 Å². The molecule has 0 spiro atoms. The molecule has 7 heteroatoms. The van der Waals surface area contributed by atoms with Gasteiger partial charge < -0.3 is 10.4 Å². The van der Waals surface area contributed by atoms with E-state index in [0.717, 1.165) is 12.1 Å². The van der Waals surface area contributed by atoms with Crippen molar-refractivity contribution in [1.29, 1.82) is 0 Å². The Morgan fingerprint density at radius 3 is 2.53 bits per heavy atom. The number of hydrogen-bond donors (Lipinski definition) is 2. The summed E-state index contributed by atoms with van der Waals surface area (Å²) in [5, 5.41) is 11.2.